The minimum absolute atomic E-state index is 0.855. The molecule has 1 heterocycles. The lowest BCUT2D eigenvalue weighted by molar-refractivity contribution is 0.250. The lowest BCUT2D eigenvalue weighted by Crippen LogP contribution is -2.15. The van der Waals surface area contributed by atoms with Gasteiger partial charge in [0.15, 0.2) is 5.82 Å². The van der Waals surface area contributed by atoms with Crippen molar-refractivity contribution in [2.24, 2.45) is 11.8 Å². The lowest BCUT2D eigenvalue weighted by Gasteiger charge is -2.28. The van der Waals surface area contributed by atoms with Crippen LogP contribution < -0.4 is 0 Å². The molecule has 0 atom stereocenters. The van der Waals surface area contributed by atoms with Gasteiger partial charge in [0, 0.05) is 18.0 Å². The third-order valence-electron chi connectivity index (χ3n) is 7.51. The zero-order valence-corrected chi connectivity index (χ0v) is 20.8. The number of nitrogens with zero attached hydrogens (tertiary/aromatic N) is 2. The average molecular weight is 435 g/mol. The van der Waals surface area contributed by atoms with E-state index < -0.39 is 0 Å². The average Bonchev–Trinajstić information content (AvgIpc) is 2.85. The van der Waals surface area contributed by atoms with Gasteiger partial charge in [-0.2, -0.15) is 0 Å². The maximum atomic E-state index is 4.64. The van der Waals surface area contributed by atoms with Crippen LogP contribution in [0.2, 0.25) is 0 Å². The van der Waals surface area contributed by atoms with E-state index in [0.717, 1.165) is 29.6 Å². The Labute approximate surface area is 197 Å². The highest BCUT2D eigenvalue weighted by molar-refractivity contribution is 5.55. The van der Waals surface area contributed by atoms with E-state index in [-0.39, 0.29) is 0 Å². The molecule has 2 heteroatoms. The van der Waals surface area contributed by atoms with Crippen molar-refractivity contribution in [1.29, 1.82) is 0 Å². The maximum absolute atomic E-state index is 4.64. The largest absolute Gasteiger partial charge is 0.236 e. The van der Waals surface area contributed by atoms with Crippen molar-refractivity contribution in [2.75, 3.05) is 0 Å². The second-order valence-corrected chi connectivity index (χ2v) is 10.2. The molecule has 0 amide bonds. The molecule has 0 aliphatic heterocycles. The lowest BCUT2D eigenvalue weighted by atomic mass is 9.78. The number of benzene rings is 1. The highest BCUT2D eigenvalue weighted by Crippen LogP contribution is 2.34. The van der Waals surface area contributed by atoms with Crippen molar-refractivity contribution in [3.8, 4) is 11.4 Å². The molecule has 1 aliphatic rings. The highest BCUT2D eigenvalue weighted by Gasteiger charge is 2.20. The first kappa shape index (κ1) is 24.9. The molecule has 1 aromatic heterocycles. The van der Waals surface area contributed by atoms with Crippen LogP contribution in [0, 0.1) is 11.8 Å². The van der Waals surface area contributed by atoms with Crippen molar-refractivity contribution in [3.63, 3.8) is 0 Å². The molecule has 3 rings (SSSR count). The SMILES string of the molecule is CCCCCCCCc1cnc(-c2ccc(CC[C@H]3CC[C@H](CCCC)CC3)cc2)nc1. The van der Waals surface area contributed by atoms with E-state index in [0.29, 0.717) is 0 Å². The molecule has 0 N–H and O–H groups in total. The van der Waals surface area contributed by atoms with E-state index in [2.05, 4.69) is 48.1 Å². The van der Waals surface area contributed by atoms with Crippen LogP contribution >= 0.6 is 0 Å². The number of aromatic nitrogens is 2. The Kier molecular flexibility index (Phi) is 11.3. The van der Waals surface area contributed by atoms with Gasteiger partial charge >= 0.3 is 0 Å². The molecule has 1 aromatic carbocycles. The Hall–Kier alpha value is -1.70. The van der Waals surface area contributed by atoms with Crippen LogP contribution in [-0.2, 0) is 12.8 Å². The second kappa shape index (κ2) is 14.4. The summed E-state index contributed by atoms with van der Waals surface area (Å²) >= 11 is 0. The molecule has 1 fully saturated rings. The number of aryl methyl sites for hydroxylation is 2. The van der Waals surface area contributed by atoms with E-state index in [1.54, 1.807) is 0 Å². The van der Waals surface area contributed by atoms with Gasteiger partial charge in [-0.05, 0) is 48.6 Å². The van der Waals surface area contributed by atoms with Crippen LogP contribution in [0.4, 0.5) is 0 Å². The van der Waals surface area contributed by atoms with Crippen LogP contribution in [0.1, 0.15) is 115 Å². The van der Waals surface area contributed by atoms with E-state index in [4.69, 9.17) is 0 Å². The topological polar surface area (TPSA) is 25.8 Å². The number of hydrogen-bond donors (Lipinski definition) is 0. The van der Waals surface area contributed by atoms with Gasteiger partial charge in [0.05, 0.1) is 0 Å². The van der Waals surface area contributed by atoms with E-state index in [9.17, 15) is 0 Å². The van der Waals surface area contributed by atoms with Gasteiger partial charge in [0.2, 0.25) is 0 Å². The van der Waals surface area contributed by atoms with Crippen molar-refractivity contribution in [2.45, 2.75) is 117 Å². The van der Waals surface area contributed by atoms with Crippen molar-refractivity contribution in [1.82, 2.24) is 9.97 Å². The highest BCUT2D eigenvalue weighted by atomic mass is 14.9. The molecular formula is C30H46N2. The number of rotatable bonds is 14. The summed E-state index contributed by atoms with van der Waals surface area (Å²) in [4.78, 5) is 9.29. The summed E-state index contributed by atoms with van der Waals surface area (Å²) in [5, 5.41) is 0. The molecule has 0 saturated heterocycles. The molecule has 2 aromatic rings. The minimum Gasteiger partial charge on any atom is -0.236 e. The summed E-state index contributed by atoms with van der Waals surface area (Å²) in [6.07, 6.45) is 25.8. The van der Waals surface area contributed by atoms with Gasteiger partial charge in [0.1, 0.15) is 0 Å². The third kappa shape index (κ3) is 8.68. The molecule has 1 saturated carbocycles. The minimum atomic E-state index is 0.855. The number of hydrogen-bond acceptors (Lipinski definition) is 2. The first-order valence-electron chi connectivity index (χ1n) is 13.7. The van der Waals surface area contributed by atoms with Gasteiger partial charge < -0.3 is 0 Å². The van der Waals surface area contributed by atoms with Gasteiger partial charge in [0.25, 0.3) is 0 Å². The molecule has 176 valence electrons. The van der Waals surface area contributed by atoms with Gasteiger partial charge in [-0.15, -0.1) is 0 Å². The summed E-state index contributed by atoms with van der Waals surface area (Å²) in [5.74, 6) is 2.81. The Morgan fingerprint density at radius 3 is 1.88 bits per heavy atom. The Morgan fingerprint density at radius 2 is 1.22 bits per heavy atom. The molecule has 0 radical (unpaired) electrons. The normalized spacial score (nSPS) is 18.7. The zero-order chi connectivity index (χ0) is 22.4. The van der Waals surface area contributed by atoms with Crippen molar-refractivity contribution < 1.29 is 0 Å². The fraction of sp³-hybridized carbons (Fsp3) is 0.667. The van der Waals surface area contributed by atoms with E-state index in [1.165, 1.54) is 107 Å². The fourth-order valence-electron chi connectivity index (χ4n) is 5.24. The summed E-state index contributed by atoms with van der Waals surface area (Å²) in [5.41, 5.74) is 3.86. The molecule has 2 nitrogen and oxygen atoms in total. The monoisotopic (exact) mass is 434 g/mol. The molecule has 1 aliphatic carbocycles. The summed E-state index contributed by atoms with van der Waals surface area (Å²) in [7, 11) is 0. The molecular weight excluding hydrogens is 388 g/mol. The first-order chi connectivity index (χ1) is 15.8. The number of unbranched alkanes of at least 4 members (excludes halogenated alkanes) is 6. The van der Waals surface area contributed by atoms with Gasteiger partial charge in [-0.3, -0.25) is 0 Å². The van der Waals surface area contributed by atoms with Gasteiger partial charge in [-0.1, -0.05) is 115 Å². The summed E-state index contributed by atoms with van der Waals surface area (Å²) in [6, 6.07) is 8.99. The summed E-state index contributed by atoms with van der Waals surface area (Å²) < 4.78 is 0. The van der Waals surface area contributed by atoms with Crippen LogP contribution in [0.5, 0.6) is 0 Å². The van der Waals surface area contributed by atoms with Crippen molar-refractivity contribution in [3.05, 3.63) is 47.8 Å². The van der Waals surface area contributed by atoms with Crippen molar-refractivity contribution >= 4 is 0 Å². The fourth-order valence-corrected chi connectivity index (χ4v) is 5.24. The predicted octanol–water partition coefficient (Wildman–Crippen LogP) is 8.98. The maximum Gasteiger partial charge on any atom is 0.159 e. The molecule has 32 heavy (non-hydrogen) atoms. The molecule has 0 unspecified atom stereocenters. The standard InChI is InChI=1S/C30H46N2/c1-3-5-7-8-9-10-12-28-23-31-30(32-24-28)29-21-19-27(20-22-29)18-17-26-15-13-25(14-16-26)11-6-4-2/h19-26H,3-18H2,1-2H3/t25-,26-. The first-order valence-corrected chi connectivity index (χ1v) is 13.7. The quantitative estimate of drug-likeness (QED) is 0.277. The second-order valence-electron chi connectivity index (χ2n) is 10.2. The van der Waals surface area contributed by atoms with Crippen LogP contribution in [-0.4, -0.2) is 9.97 Å². The van der Waals surface area contributed by atoms with Crippen LogP contribution in [0.25, 0.3) is 11.4 Å². The van der Waals surface area contributed by atoms with E-state index >= 15 is 0 Å². The van der Waals surface area contributed by atoms with Crippen LogP contribution in [0.15, 0.2) is 36.7 Å². The smallest absolute Gasteiger partial charge is 0.159 e. The Balaban J connectivity index is 1.38. The third-order valence-corrected chi connectivity index (χ3v) is 7.51. The van der Waals surface area contributed by atoms with Gasteiger partial charge in [-0.25, -0.2) is 9.97 Å². The van der Waals surface area contributed by atoms with Crippen LogP contribution in [0.3, 0.4) is 0 Å². The summed E-state index contributed by atoms with van der Waals surface area (Å²) in [6.45, 7) is 4.59. The zero-order valence-electron chi connectivity index (χ0n) is 20.8. The Morgan fingerprint density at radius 1 is 0.625 bits per heavy atom. The Bertz CT molecular complexity index is 726. The molecule has 0 bridgehead atoms. The predicted molar refractivity (Wildman–Crippen MR) is 138 cm³/mol. The molecule has 0 spiro atoms. The van der Waals surface area contributed by atoms with E-state index in [1.807, 2.05) is 12.4 Å².